The summed E-state index contributed by atoms with van der Waals surface area (Å²) in [7, 11) is 0. The third-order valence-electron chi connectivity index (χ3n) is 8.15. The van der Waals surface area contributed by atoms with Gasteiger partial charge >= 0.3 is 0 Å². The number of allylic oxidation sites excluding steroid dienone is 1. The van der Waals surface area contributed by atoms with Gasteiger partial charge in [0.05, 0.1) is 0 Å². The van der Waals surface area contributed by atoms with Crippen LogP contribution in [0.4, 0.5) is 0 Å². The van der Waals surface area contributed by atoms with Crippen molar-refractivity contribution in [2.24, 2.45) is 5.92 Å². The zero-order valence-corrected chi connectivity index (χ0v) is 25.1. The summed E-state index contributed by atoms with van der Waals surface area (Å²) in [6.45, 7) is 21.8. The predicted octanol–water partition coefficient (Wildman–Crippen LogP) is 8.54. The van der Waals surface area contributed by atoms with E-state index in [-0.39, 0.29) is 0 Å². The fourth-order valence-electron chi connectivity index (χ4n) is 5.39. The molecule has 1 N–H and O–H groups in total. The van der Waals surface area contributed by atoms with Crippen molar-refractivity contribution in [1.29, 1.82) is 0 Å². The molecule has 3 aromatic carbocycles. The minimum Gasteiger partial charge on any atom is -0.388 e. The first-order valence-corrected chi connectivity index (χ1v) is 14.8. The van der Waals surface area contributed by atoms with Crippen LogP contribution in [-0.2, 0) is 25.7 Å². The summed E-state index contributed by atoms with van der Waals surface area (Å²) in [5, 5.41) is 3.55. The average Bonchev–Trinajstić information content (AvgIpc) is 2.93. The Morgan fingerprint density at radius 3 is 2.21 bits per heavy atom. The van der Waals surface area contributed by atoms with Gasteiger partial charge in [0, 0.05) is 24.8 Å². The van der Waals surface area contributed by atoms with Crippen LogP contribution in [0.25, 0.3) is 0 Å². The Bertz CT molecular complexity index is 1190. The molecular formula is C37H50N2. The lowest BCUT2D eigenvalue weighted by molar-refractivity contribution is 0.256. The van der Waals surface area contributed by atoms with Crippen molar-refractivity contribution >= 4 is 0 Å². The van der Waals surface area contributed by atoms with E-state index < -0.39 is 0 Å². The summed E-state index contributed by atoms with van der Waals surface area (Å²) < 4.78 is 0. The highest BCUT2D eigenvalue weighted by atomic mass is 15.1. The molecule has 0 aliphatic carbocycles. The highest BCUT2D eigenvalue weighted by Crippen LogP contribution is 2.21. The van der Waals surface area contributed by atoms with Crippen molar-refractivity contribution in [2.45, 2.75) is 79.2 Å². The minimum atomic E-state index is 0.315. The summed E-state index contributed by atoms with van der Waals surface area (Å²) in [5.41, 5.74) is 11.0. The third-order valence-corrected chi connectivity index (χ3v) is 8.15. The van der Waals surface area contributed by atoms with Crippen molar-refractivity contribution in [3.63, 3.8) is 0 Å². The molecule has 2 atom stereocenters. The molecule has 0 saturated carbocycles. The first-order chi connectivity index (χ1) is 18.8. The van der Waals surface area contributed by atoms with Gasteiger partial charge in [-0.05, 0) is 104 Å². The van der Waals surface area contributed by atoms with Crippen LogP contribution >= 0.6 is 0 Å². The van der Waals surface area contributed by atoms with Gasteiger partial charge < -0.3 is 10.2 Å². The SMILES string of the molecule is C=CN[C@@H](Cc1ccccc1)[C@@H](C)CN(CCc1ccc(C)c(CCC)c1)C(=C)CCc1ccc(C)c(C)c1. The van der Waals surface area contributed by atoms with Crippen molar-refractivity contribution in [3.05, 3.63) is 131 Å². The Kier molecular flexibility index (Phi) is 11.9. The van der Waals surface area contributed by atoms with Crippen LogP contribution in [0, 0.1) is 26.7 Å². The van der Waals surface area contributed by atoms with E-state index in [9.17, 15) is 0 Å². The second kappa shape index (κ2) is 15.4. The monoisotopic (exact) mass is 522 g/mol. The second-order valence-electron chi connectivity index (χ2n) is 11.3. The van der Waals surface area contributed by atoms with Crippen LogP contribution in [0.2, 0.25) is 0 Å². The van der Waals surface area contributed by atoms with E-state index in [0.29, 0.717) is 12.0 Å². The van der Waals surface area contributed by atoms with Crippen molar-refractivity contribution in [2.75, 3.05) is 13.1 Å². The molecule has 2 nitrogen and oxygen atoms in total. The van der Waals surface area contributed by atoms with Crippen molar-refractivity contribution < 1.29 is 0 Å². The standard InChI is InChI=1S/C37H50N2/c1-8-13-36-25-35(20-17-29(36)4)22-23-39(32(7)18-21-34-19-16-28(3)30(5)24-34)27-31(6)37(38-9-2)26-33-14-11-10-12-15-33/h9-12,14-17,19-20,24-25,31,37-38H,2,7-8,13,18,21-23,26-27H2,1,3-6H3/t31-,37-/m0/s1. The Hall–Kier alpha value is -3.26. The van der Waals surface area contributed by atoms with E-state index in [0.717, 1.165) is 45.2 Å². The number of hydrogen-bond donors (Lipinski definition) is 1. The first-order valence-electron chi connectivity index (χ1n) is 14.8. The molecular weight excluding hydrogens is 472 g/mol. The van der Waals surface area contributed by atoms with Gasteiger partial charge in [0.1, 0.15) is 0 Å². The third kappa shape index (κ3) is 9.46. The number of benzene rings is 3. The maximum atomic E-state index is 4.61. The molecule has 0 aliphatic heterocycles. The van der Waals surface area contributed by atoms with Gasteiger partial charge in [0.25, 0.3) is 0 Å². The molecule has 0 aliphatic rings. The maximum Gasteiger partial charge on any atom is 0.0338 e. The largest absolute Gasteiger partial charge is 0.388 e. The lowest BCUT2D eigenvalue weighted by Crippen LogP contribution is -2.41. The Balaban J connectivity index is 1.74. The molecule has 0 saturated heterocycles. The van der Waals surface area contributed by atoms with Crippen LogP contribution in [0.15, 0.2) is 91.8 Å². The smallest absolute Gasteiger partial charge is 0.0338 e. The van der Waals surface area contributed by atoms with Crippen molar-refractivity contribution in [1.82, 2.24) is 10.2 Å². The lowest BCUT2D eigenvalue weighted by atomic mass is 9.93. The zero-order valence-electron chi connectivity index (χ0n) is 25.1. The van der Waals surface area contributed by atoms with Gasteiger partial charge in [-0.2, -0.15) is 0 Å². The van der Waals surface area contributed by atoms with Gasteiger partial charge in [-0.3, -0.25) is 0 Å². The Morgan fingerprint density at radius 1 is 0.846 bits per heavy atom. The number of nitrogens with one attached hydrogen (secondary N) is 1. The van der Waals surface area contributed by atoms with Crippen LogP contribution in [0.1, 0.15) is 65.6 Å². The second-order valence-corrected chi connectivity index (χ2v) is 11.3. The average molecular weight is 523 g/mol. The zero-order chi connectivity index (χ0) is 28.2. The predicted molar refractivity (Wildman–Crippen MR) is 170 cm³/mol. The summed E-state index contributed by atoms with van der Waals surface area (Å²) in [6, 6.07) is 25.0. The number of aryl methyl sites for hydroxylation is 5. The highest BCUT2D eigenvalue weighted by Gasteiger charge is 2.21. The maximum absolute atomic E-state index is 4.61. The molecule has 208 valence electrons. The molecule has 0 amide bonds. The Labute approximate surface area is 238 Å². The van der Waals surface area contributed by atoms with E-state index in [4.69, 9.17) is 0 Å². The van der Waals surface area contributed by atoms with E-state index in [1.807, 2.05) is 6.20 Å². The van der Waals surface area contributed by atoms with Gasteiger partial charge in [-0.1, -0.05) is 100 Å². The van der Waals surface area contributed by atoms with E-state index in [2.05, 4.69) is 125 Å². The van der Waals surface area contributed by atoms with E-state index in [1.54, 1.807) is 0 Å². The van der Waals surface area contributed by atoms with Crippen LogP contribution in [0.3, 0.4) is 0 Å². The molecule has 0 fully saturated rings. The number of hydrogen-bond acceptors (Lipinski definition) is 2. The summed E-state index contributed by atoms with van der Waals surface area (Å²) >= 11 is 0. The van der Waals surface area contributed by atoms with Crippen molar-refractivity contribution in [3.8, 4) is 0 Å². The summed E-state index contributed by atoms with van der Waals surface area (Å²) in [5.74, 6) is 0.426. The van der Waals surface area contributed by atoms with Gasteiger partial charge in [0.15, 0.2) is 0 Å². The first kappa shape index (κ1) is 30.3. The highest BCUT2D eigenvalue weighted by molar-refractivity contribution is 5.32. The van der Waals surface area contributed by atoms with Crippen LogP contribution < -0.4 is 5.32 Å². The lowest BCUT2D eigenvalue weighted by Gasteiger charge is -2.34. The van der Waals surface area contributed by atoms with Gasteiger partial charge in [0.2, 0.25) is 0 Å². The topological polar surface area (TPSA) is 15.3 Å². The normalized spacial score (nSPS) is 12.5. The Morgan fingerprint density at radius 2 is 1.54 bits per heavy atom. The van der Waals surface area contributed by atoms with E-state index >= 15 is 0 Å². The molecule has 0 unspecified atom stereocenters. The minimum absolute atomic E-state index is 0.315. The molecule has 0 spiro atoms. The number of nitrogens with zero attached hydrogens (tertiary/aromatic N) is 1. The fraction of sp³-hybridized carbons (Fsp3) is 0.405. The molecule has 39 heavy (non-hydrogen) atoms. The molecule has 0 aromatic heterocycles. The number of rotatable bonds is 16. The van der Waals surface area contributed by atoms with E-state index in [1.165, 1.54) is 51.1 Å². The van der Waals surface area contributed by atoms with Gasteiger partial charge in [-0.15, -0.1) is 0 Å². The molecule has 2 heteroatoms. The molecule has 0 heterocycles. The summed E-state index contributed by atoms with van der Waals surface area (Å²) in [6.07, 6.45) is 8.20. The van der Waals surface area contributed by atoms with Crippen LogP contribution in [-0.4, -0.2) is 24.0 Å². The van der Waals surface area contributed by atoms with Gasteiger partial charge in [-0.25, -0.2) is 0 Å². The molecule has 3 rings (SSSR count). The fourth-order valence-corrected chi connectivity index (χ4v) is 5.39. The quantitative estimate of drug-likeness (QED) is 0.203. The molecule has 3 aromatic rings. The molecule has 0 bridgehead atoms. The molecule has 0 radical (unpaired) electrons. The summed E-state index contributed by atoms with van der Waals surface area (Å²) in [4.78, 5) is 2.55. The van der Waals surface area contributed by atoms with Crippen LogP contribution in [0.5, 0.6) is 0 Å².